The first-order valence-corrected chi connectivity index (χ1v) is 8.34. The van der Waals surface area contributed by atoms with Gasteiger partial charge in [-0.15, -0.1) is 0 Å². The lowest BCUT2D eigenvalue weighted by Gasteiger charge is -2.16. The van der Waals surface area contributed by atoms with Crippen molar-refractivity contribution in [1.82, 2.24) is 29.9 Å². The van der Waals surface area contributed by atoms with Crippen LogP contribution in [0.25, 0.3) is 0 Å². The summed E-state index contributed by atoms with van der Waals surface area (Å²) in [6.45, 7) is -1.27. The molecule has 0 saturated carbocycles. The van der Waals surface area contributed by atoms with Crippen LogP contribution >= 0.6 is 0 Å². The van der Waals surface area contributed by atoms with Crippen molar-refractivity contribution in [3.05, 3.63) is 52.6 Å². The lowest BCUT2D eigenvalue weighted by atomic mass is 10.0. The second-order valence-corrected chi connectivity index (χ2v) is 6.53. The van der Waals surface area contributed by atoms with Crippen molar-refractivity contribution < 1.29 is 52.7 Å². The lowest BCUT2D eigenvalue weighted by Crippen LogP contribution is -2.20. The zero-order valence-corrected chi connectivity index (χ0v) is 15.3. The average Bonchev–Trinajstić information content (AvgIpc) is 3.35. The molecule has 0 bridgehead atoms. The third-order valence-electron chi connectivity index (χ3n) is 4.21. The number of imidazole rings is 1. The second-order valence-electron chi connectivity index (χ2n) is 6.53. The van der Waals surface area contributed by atoms with E-state index < -0.39 is 71.5 Å². The van der Waals surface area contributed by atoms with Crippen molar-refractivity contribution in [3.63, 3.8) is 0 Å². The number of halogens is 12. The lowest BCUT2D eigenvalue weighted by molar-refractivity contribution is -0.144. The molecule has 0 aromatic carbocycles. The minimum atomic E-state index is -5.38. The van der Waals surface area contributed by atoms with Gasteiger partial charge in [-0.25, -0.2) is 4.98 Å². The molecule has 0 aliphatic heterocycles. The molecular weight excluding hydrogens is 492 g/mol. The number of aromatic amines is 2. The van der Waals surface area contributed by atoms with Crippen molar-refractivity contribution in [2.24, 2.45) is 0 Å². The van der Waals surface area contributed by atoms with Gasteiger partial charge in [0.2, 0.25) is 0 Å². The smallest absolute Gasteiger partial charge is 0.338 e. The standard InChI is InChI=1S/C15H8F12N6/c16-12(17,18)7-1-6(30-31-7)5(11-28-3-9(29-11)14(22,23)24)4-33-10(15(25,26)27)2-8(32-33)13(19,20)21/h1-3,5H,4H2,(H,28,29)(H,30,31). The van der Waals surface area contributed by atoms with E-state index >= 15 is 0 Å². The Hall–Kier alpha value is -3.21. The van der Waals surface area contributed by atoms with Gasteiger partial charge in [-0.2, -0.15) is 62.9 Å². The summed E-state index contributed by atoms with van der Waals surface area (Å²) < 4.78 is 155. The molecule has 182 valence electrons. The summed E-state index contributed by atoms with van der Waals surface area (Å²) in [7, 11) is 0. The normalized spacial score (nSPS) is 14.7. The average molecular weight is 500 g/mol. The molecule has 6 nitrogen and oxygen atoms in total. The van der Waals surface area contributed by atoms with Crippen LogP contribution in [0.2, 0.25) is 0 Å². The first-order valence-electron chi connectivity index (χ1n) is 8.34. The van der Waals surface area contributed by atoms with E-state index in [1.54, 1.807) is 4.98 Å². The first-order chi connectivity index (χ1) is 14.9. The molecule has 0 spiro atoms. The minimum absolute atomic E-state index is 0.221. The number of hydrogen-bond donors (Lipinski definition) is 2. The van der Waals surface area contributed by atoms with Crippen molar-refractivity contribution in [2.45, 2.75) is 37.2 Å². The molecule has 0 saturated heterocycles. The highest BCUT2D eigenvalue weighted by molar-refractivity contribution is 5.24. The quantitative estimate of drug-likeness (QED) is 0.482. The maximum absolute atomic E-state index is 13.3. The van der Waals surface area contributed by atoms with Gasteiger partial charge >= 0.3 is 24.7 Å². The Kier molecular flexibility index (Phi) is 5.69. The Labute approximate surface area is 173 Å². The van der Waals surface area contributed by atoms with Crippen LogP contribution in [-0.2, 0) is 31.2 Å². The summed E-state index contributed by atoms with van der Waals surface area (Å²) in [5, 5.41) is 7.52. The molecule has 0 radical (unpaired) electrons. The van der Waals surface area contributed by atoms with E-state index in [2.05, 4.69) is 15.2 Å². The predicted octanol–water partition coefficient (Wildman–Crippen LogP) is 5.24. The van der Waals surface area contributed by atoms with Crippen LogP contribution in [0.5, 0.6) is 0 Å². The fraction of sp³-hybridized carbons (Fsp3) is 0.400. The van der Waals surface area contributed by atoms with Gasteiger partial charge in [0.1, 0.15) is 17.2 Å². The fourth-order valence-electron chi connectivity index (χ4n) is 2.75. The van der Waals surface area contributed by atoms with E-state index in [1.165, 1.54) is 0 Å². The third-order valence-corrected chi connectivity index (χ3v) is 4.21. The minimum Gasteiger partial charge on any atom is -0.338 e. The zero-order chi connectivity index (χ0) is 25.0. The fourth-order valence-corrected chi connectivity index (χ4v) is 2.75. The number of nitrogens with one attached hydrogen (secondary N) is 2. The van der Waals surface area contributed by atoms with Crippen LogP contribution in [0.4, 0.5) is 52.7 Å². The molecule has 0 aliphatic rings. The van der Waals surface area contributed by atoms with E-state index in [0.717, 1.165) is 0 Å². The molecule has 2 N–H and O–H groups in total. The Bertz CT molecular complexity index is 1060. The molecule has 18 heteroatoms. The molecule has 3 aromatic heterocycles. The molecule has 3 rings (SSSR count). The van der Waals surface area contributed by atoms with Crippen LogP contribution in [-0.4, -0.2) is 29.9 Å². The van der Waals surface area contributed by atoms with Crippen LogP contribution in [0.1, 0.15) is 40.2 Å². The number of H-pyrrole nitrogens is 2. The molecular formula is C15H8F12N6. The van der Waals surface area contributed by atoms with Gasteiger partial charge in [0.05, 0.1) is 18.7 Å². The summed E-state index contributed by atoms with van der Waals surface area (Å²) in [5.74, 6) is -2.68. The largest absolute Gasteiger partial charge is 0.435 e. The molecule has 1 atom stereocenters. The van der Waals surface area contributed by atoms with Gasteiger partial charge in [-0.1, -0.05) is 0 Å². The highest BCUT2D eigenvalue weighted by atomic mass is 19.4. The number of rotatable bonds is 4. The Morgan fingerprint density at radius 1 is 0.788 bits per heavy atom. The van der Waals surface area contributed by atoms with Gasteiger partial charge in [0.15, 0.2) is 11.4 Å². The van der Waals surface area contributed by atoms with E-state index in [9.17, 15) is 52.7 Å². The second kappa shape index (κ2) is 7.68. The van der Waals surface area contributed by atoms with Gasteiger partial charge in [0.25, 0.3) is 0 Å². The summed E-state index contributed by atoms with van der Waals surface area (Å²) in [4.78, 5) is 5.03. The van der Waals surface area contributed by atoms with Crippen LogP contribution in [0.3, 0.4) is 0 Å². The van der Waals surface area contributed by atoms with Gasteiger partial charge in [-0.05, 0) is 6.07 Å². The molecule has 0 aliphatic carbocycles. The highest BCUT2D eigenvalue weighted by Gasteiger charge is 2.43. The van der Waals surface area contributed by atoms with Crippen LogP contribution < -0.4 is 0 Å². The molecule has 0 amide bonds. The number of hydrogen-bond acceptors (Lipinski definition) is 3. The molecule has 33 heavy (non-hydrogen) atoms. The van der Waals surface area contributed by atoms with Crippen molar-refractivity contribution in [3.8, 4) is 0 Å². The van der Waals surface area contributed by atoms with Crippen molar-refractivity contribution >= 4 is 0 Å². The summed E-state index contributed by atoms with van der Waals surface area (Å²) in [6, 6.07) is -0.0592. The zero-order valence-electron chi connectivity index (χ0n) is 15.3. The maximum Gasteiger partial charge on any atom is 0.435 e. The molecule has 1 unspecified atom stereocenters. The summed E-state index contributed by atoms with van der Waals surface area (Å²) in [5.41, 5.74) is -7.65. The van der Waals surface area contributed by atoms with Gasteiger partial charge in [0, 0.05) is 11.8 Å². The van der Waals surface area contributed by atoms with Gasteiger partial charge in [-0.3, -0.25) is 9.78 Å². The van der Waals surface area contributed by atoms with E-state index in [4.69, 9.17) is 0 Å². The van der Waals surface area contributed by atoms with Crippen LogP contribution in [0.15, 0.2) is 18.3 Å². The highest BCUT2D eigenvalue weighted by Crippen LogP contribution is 2.38. The van der Waals surface area contributed by atoms with E-state index in [1.807, 2.05) is 5.10 Å². The third kappa shape index (κ3) is 5.24. The SMILES string of the molecule is FC(F)(F)c1cc(C(Cn2nc(C(F)(F)F)cc2C(F)(F)F)c2ncc(C(F)(F)F)[nH]2)[nH]n1. The number of aromatic nitrogens is 6. The summed E-state index contributed by atoms with van der Waals surface area (Å²) >= 11 is 0. The Morgan fingerprint density at radius 2 is 1.39 bits per heavy atom. The Morgan fingerprint density at radius 3 is 1.85 bits per heavy atom. The maximum atomic E-state index is 13.3. The van der Waals surface area contributed by atoms with Gasteiger partial charge < -0.3 is 4.98 Å². The predicted molar refractivity (Wildman–Crippen MR) is 81.3 cm³/mol. The van der Waals surface area contributed by atoms with E-state index in [0.29, 0.717) is 0 Å². The van der Waals surface area contributed by atoms with Crippen LogP contribution in [0, 0.1) is 0 Å². The van der Waals surface area contributed by atoms with E-state index in [-0.39, 0.29) is 23.0 Å². The van der Waals surface area contributed by atoms with Crippen molar-refractivity contribution in [2.75, 3.05) is 0 Å². The molecule has 0 fully saturated rings. The molecule has 3 heterocycles. The molecule has 3 aromatic rings. The topological polar surface area (TPSA) is 75.2 Å². The number of nitrogens with zero attached hydrogens (tertiary/aromatic N) is 4. The Balaban J connectivity index is 2.12. The monoisotopic (exact) mass is 500 g/mol. The number of alkyl halides is 12. The van der Waals surface area contributed by atoms with Crippen molar-refractivity contribution in [1.29, 1.82) is 0 Å². The first kappa shape index (κ1) is 24.4. The summed E-state index contributed by atoms with van der Waals surface area (Å²) in [6.07, 6.45) is -20.5.